The molecular formula is C27H29BrF3N5O5. The summed E-state index contributed by atoms with van der Waals surface area (Å²) < 4.78 is 48.6. The molecule has 2 N–H and O–H groups in total. The van der Waals surface area contributed by atoms with Crippen molar-refractivity contribution in [2.45, 2.75) is 56.5 Å². The van der Waals surface area contributed by atoms with Gasteiger partial charge in [0.15, 0.2) is 0 Å². The van der Waals surface area contributed by atoms with E-state index < -0.39 is 52.9 Å². The minimum absolute atomic E-state index is 0.00704. The summed E-state index contributed by atoms with van der Waals surface area (Å²) in [6.07, 6.45) is -1.09. The Kier molecular flexibility index (Phi) is 10.6. The standard InChI is InChI=1S/C27H29BrF3N5O5/c1-3-5-14-26(27(29,30)31,41-17-18-11-7-6-8-12-18)25(38)34-33-24(37)22-21(36(39)40)16-20(28)23(32-22)35-15-9-13-19(35)10-4-2/h3-4,6-8,11-12,16,19H,1-2,5,9-10,13-15,17H2,(H,33,37)(H,34,38)/t19-,26?/m1/s1. The van der Waals surface area contributed by atoms with Crippen molar-refractivity contribution in [1.82, 2.24) is 15.8 Å². The molecule has 1 fully saturated rings. The number of alkyl halides is 3. The number of anilines is 1. The van der Waals surface area contributed by atoms with Gasteiger partial charge in [-0.25, -0.2) is 4.98 Å². The van der Waals surface area contributed by atoms with Crippen molar-refractivity contribution in [3.8, 4) is 0 Å². The van der Waals surface area contributed by atoms with Crippen LogP contribution in [0.4, 0.5) is 24.7 Å². The normalized spacial score (nSPS) is 16.5. The number of ether oxygens (including phenoxy) is 1. The second kappa shape index (κ2) is 13.7. The van der Waals surface area contributed by atoms with Crippen LogP contribution in [-0.4, -0.2) is 46.1 Å². The molecule has 10 nitrogen and oxygen atoms in total. The summed E-state index contributed by atoms with van der Waals surface area (Å²) in [6, 6.07) is 9.03. The second-order valence-corrected chi connectivity index (χ2v) is 10.1. The predicted molar refractivity (Wildman–Crippen MR) is 149 cm³/mol. The zero-order valence-corrected chi connectivity index (χ0v) is 23.5. The maximum absolute atomic E-state index is 14.4. The van der Waals surface area contributed by atoms with Gasteiger partial charge in [0.2, 0.25) is 11.3 Å². The zero-order chi connectivity index (χ0) is 30.2. The Morgan fingerprint density at radius 2 is 1.93 bits per heavy atom. The minimum atomic E-state index is -5.19. The third-order valence-corrected chi connectivity index (χ3v) is 7.16. The Morgan fingerprint density at radius 1 is 1.22 bits per heavy atom. The van der Waals surface area contributed by atoms with E-state index in [2.05, 4.69) is 34.1 Å². The summed E-state index contributed by atoms with van der Waals surface area (Å²) in [7, 11) is 0. The number of aromatic nitrogens is 1. The first-order valence-corrected chi connectivity index (χ1v) is 13.4. The summed E-state index contributed by atoms with van der Waals surface area (Å²) in [5.74, 6) is -2.74. The van der Waals surface area contributed by atoms with Crippen LogP contribution in [0.5, 0.6) is 0 Å². The van der Waals surface area contributed by atoms with Crippen LogP contribution in [0.1, 0.15) is 48.2 Å². The SMILES string of the molecule is C=CCCC(OCc1ccccc1)(C(=O)NNC(=O)c1nc(N2CCC[C@H]2CC=C)c(Br)cc1[N+](=O)[O-])C(F)(F)F. The van der Waals surface area contributed by atoms with Crippen LogP contribution in [0.2, 0.25) is 0 Å². The van der Waals surface area contributed by atoms with E-state index in [-0.39, 0.29) is 22.8 Å². The average Bonchev–Trinajstić information content (AvgIpc) is 3.39. The Hall–Kier alpha value is -3.78. The molecule has 0 saturated carbocycles. The Bertz CT molecular complexity index is 1290. The molecule has 2 heterocycles. The number of allylic oxidation sites excluding steroid dienone is 1. The predicted octanol–water partition coefficient (Wildman–Crippen LogP) is 5.54. The highest BCUT2D eigenvalue weighted by Gasteiger charge is 2.61. The second-order valence-electron chi connectivity index (χ2n) is 9.27. The Labute approximate surface area is 242 Å². The van der Waals surface area contributed by atoms with E-state index in [1.807, 2.05) is 10.3 Å². The van der Waals surface area contributed by atoms with Crippen LogP contribution in [0.15, 0.2) is 66.2 Å². The van der Waals surface area contributed by atoms with E-state index in [9.17, 15) is 32.9 Å². The molecule has 1 aliphatic rings. The number of pyridine rings is 1. The first-order chi connectivity index (χ1) is 19.4. The van der Waals surface area contributed by atoms with Gasteiger partial charge in [0, 0.05) is 18.7 Å². The van der Waals surface area contributed by atoms with Crippen molar-refractivity contribution in [3.63, 3.8) is 0 Å². The van der Waals surface area contributed by atoms with E-state index in [4.69, 9.17) is 4.74 Å². The quantitative estimate of drug-likeness (QED) is 0.177. The summed E-state index contributed by atoms with van der Waals surface area (Å²) in [6.45, 7) is 7.17. The average molecular weight is 640 g/mol. The molecule has 1 saturated heterocycles. The summed E-state index contributed by atoms with van der Waals surface area (Å²) in [5.41, 5.74) is -0.758. The fourth-order valence-corrected chi connectivity index (χ4v) is 5.03. The van der Waals surface area contributed by atoms with Crippen LogP contribution in [-0.2, 0) is 16.1 Å². The van der Waals surface area contributed by atoms with Gasteiger partial charge >= 0.3 is 11.9 Å². The number of nitrogens with zero attached hydrogens (tertiary/aromatic N) is 3. The van der Waals surface area contributed by atoms with Crippen molar-refractivity contribution in [2.24, 2.45) is 0 Å². The first-order valence-electron chi connectivity index (χ1n) is 12.6. The van der Waals surface area contributed by atoms with E-state index >= 15 is 0 Å². The molecule has 1 aliphatic heterocycles. The molecule has 2 amide bonds. The van der Waals surface area contributed by atoms with E-state index in [1.54, 1.807) is 29.7 Å². The summed E-state index contributed by atoms with van der Waals surface area (Å²) in [4.78, 5) is 43.0. The highest BCUT2D eigenvalue weighted by atomic mass is 79.9. The molecule has 0 bridgehead atoms. The van der Waals surface area contributed by atoms with E-state index in [0.717, 1.165) is 18.9 Å². The van der Waals surface area contributed by atoms with E-state index in [0.29, 0.717) is 18.5 Å². The van der Waals surface area contributed by atoms with Gasteiger partial charge in [0.05, 0.1) is 16.0 Å². The molecule has 1 aromatic carbocycles. The fraction of sp³-hybridized carbons (Fsp3) is 0.370. The largest absolute Gasteiger partial charge is 0.426 e. The Balaban J connectivity index is 1.90. The lowest BCUT2D eigenvalue weighted by atomic mass is 9.95. The number of rotatable bonds is 12. The first kappa shape index (κ1) is 31.7. The molecule has 0 radical (unpaired) electrons. The van der Waals surface area contributed by atoms with Gasteiger partial charge in [-0.2, -0.15) is 13.2 Å². The van der Waals surface area contributed by atoms with Gasteiger partial charge in [-0.05, 0) is 53.6 Å². The van der Waals surface area contributed by atoms with Gasteiger partial charge in [0.1, 0.15) is 5.82 Å². The number of carbonyl (C=O) groups excluding carboxylic acids is 2. The van der Waals surface area contributed by atoms with Crippen LogP contribution >= 0.6 is 15.9 Å². The maximum Gasteiger partial charge on any atom is 0.426 e. The van der Waals surface area contributed by atoms with Crippen molar-refractivity contribution in [2.75, 3.05) is 11.4 Å². The summed E-state index contributed by atoms with van der Waals surface area (Å²) in [5, 5.41) is 11.7. The number of amides is 2. The van der Waals surface area contributed by atoms with Crippen molar-refractivity contribution in [1.29, 1.82) is 0 Å². The number of hydrogen-bond donors (Lipinski definition) is 2. The highest BCUT2D eigenvalue weighted by Crippen LogP contribution is 2.39. The topological polar surface area (TPSA) is 127 Å². The molecule has 2 aromatic rings. The number of carbonyl (C=O) groups is 2. The summed E-state index contributed by atoms with van der Waals surface area (Å²) >= 11 is 3.27. The van der Waals surface area contributed by atoms with Crippen LogP contribution in [0, 0.1) is 10.1 Å². The van der Waals surface area contributed by atoms with Gasteiger partial charge in [-0.3, -0.25) is 30.6 Å². The molecule has 1 aromatic heterocycles. The fourth-order valence-electron chi connectivity index (χ4n) is 4.49. The van der Waals surface area contributed by atoms with Crippen LogP contribution in [0.3, 0.4) is 0 Å². The third-order valence-electron chi connectivity index (χ3n) is 6.58. The van der Waals surface area contributed by atoms with Gasteiger partial charge < -0.3 is 9.64 Å². The molecule has 1 unspecified atom stereocenters. The van der Waals surface area contributed by atoms with Crippen molar-refractivity contribution < 1.29 is 32.4 Å². The number of nitrogens with one attached hydrogen (secondary N) is 2. The van der Waals surface area contributed by atoms with Crippen molar-refractivity contribution >= 4 is 39.2 Å². The maximum atomic E-state index is 14.4. The third kappa shape index (κ3) is 7.30. The lowest BCUT2D eigenvalue weighted by Gasteiger charge is -2.34. The zero-order valence-electron chi connectivity index (χ0n) is 22.0. The lowest BCUT2D eigenvalue weighted by molar-refractivity contribution is -0.385. The minimum Gasteiger partial charge on any atom is -0.352 e. The number of hydrogen-bond acceptors (Lipinski definition) is 7. The molecule has 3 rings (SSSR count). The smallest absolute Gasteiger partial charge is 0.352 e. The van der Waals surface area contributed by atoms with E-state index in [1.165, 1.54) is 18.2 Å². The number of nitro groups is 1. The number of hydrazine groups is 1. The molecule has 41 heavy (non-hydrogen) atoms. The Morgan fingerprint density at radius 3 is 2.54 bits per heavy atom. The number of benzene rings is 1. The molecule has 0 aliphatic carbocycles. The van der Waals surface area contributed by atoms with Gasteiger partial charge in [-0.1, -0.05) is 42.5 Å². The molecule has 2 atom stereocenters. The van der Waals surface area contributed by atoms with Crippen LogP contribution < -0.4 is 15.8 Å². The van der Waals surface area contributed by atoms with Gasteiger partial charge in [0.25, 0.3) is 11.8 Å². The lowest BCUT2D eigenvalue weighted by Crippen LogP contribution is -2.61. The van der Waals surface area contributed by atoms with Gasteiger partial charge in [-0.15, -0.1) is 13.2 Å². The number of halogens is 4. The van der Waals surface area contributed by atoms with Crippen LogP contribution in [0.25, 0.3) is 0 Å². The molecule has 220 valence electrons. The molecular weight excluding hydrogens is 611 g/mol. The van der Waals surface area contributed by atoms with Crippen molar-refractivity contribution in [3.05, 3.63) is 87.6 Å². The highest BCUT2D eigenvalue weighted by molar-refractivity contribution is 9.10. The molecule has 0 spiro atoms. The molecule has 14 heteroatoms. The monoisotopic (exact) mass is 639 g/mol.